The molecule has 0 saturated carbocycles. The van der Waals surface area contributed by atoms with Crippen molar-refractivity contribution in [2.75, 3.05) is 6.54 Å². The van der Waals surface area contributed by atoms with Crippen molar-refractivity contribution < 1.29 is 22.7 Å². The van der Waals surface area contributed by atoms with Gasteiger partial charge in [-0.2, -0.15) is 5.10 Å². The second-order valence-corrected chi connectivity index (χ2v) is 7.91. The molecule has 0 radical (unpaired) electrons. The summed E-state index contributed by atoms with van der Waals surface area (Å²) in [5, 5.41) is 14.8. The number of halogens is 1. The van der Waals surface area contributed by atoms with Crippen LogP contribution in [-0.4, -0.2) is 40.9 Å². The number of rotatable bonds is 6. The van der Waals surface area contributed by atoms with Crippen molar-refractivity contribution in [2.24, 2.45) is 0 Å². The molecule has 0 aliphatic rings. The minimum atomic E-state index is -4.03. The first-order chi connectivity index (χ1) is 13.3. The van der Waals surface area contributed by atoms with Crippen molar-refractivity contribution in [3.8, 4) is 5.69 Å². The van der Waals surface area contributed by atoms with E-state index in [1.54, 1.807) is 13.0 Å². The molecular weight excluding hydrogens is 387 g/mol. The molecule has 2 aromatic heterocycles. The van der Waals surface area contributed by atoms with Gasteiger partial charge in [0.15, 0.2) is 5.03 Å². The zero-order valence-electron chi connectivity index (χ0n) is 14.8. The van der Waals surface area contributed by atoms with Crippen LogP contribution in [0.25, 0.3) is 5.69 Å². The highest BCUT2D eigenvalue weighted by Gasteiger charge is 2.26. The lowest BCUT2D eigenvalue weighted by atomic mass is 10.2. The summed E-state index contributed by atoms with van der Waals surface area (Å²) in [4.78, 5) is 14.4. The van der Waals surface area contributed by atoms with Gasteiger partial charge in [-0.15, -0.1) is 0 Å². The highest BCUT2D eigenvalue weighted by Crippen LogP contribution is 2.25. The zero-order chi connectivity index (χ0) is 20.3. The predicted molar refractivity (Wildman–Crippen MR) is 97.7 cm³/mol. The molecule has 0 atom stereocenters. The Morgan fingerprint density at radius 1 is 1.29 bits per heavy atom. The molecule has 0 aliphatic heterocycles. The number of nitrogens with one attached hydrogen (secondary N) is 1. The number of nitrogens with zero attached hydrogens (tertiary/aromatic N) is 3. The van der Waals surface area contributed by atoms with Crippen LogP contribution in [0.5, 0.6) is 0 Å². The minimum Gasteiger partial charge on any atom is -0.465 e. The zero-order valence-corrected chi connectivity index (χ0v) is 15.6. The largest absolute Gasteiger partial charge is 0.465 e. The van der Waals surface area contributed by atoms with Crippen LogP contribution in [0.2, 0.25) is 0 Å². The first kappa shape index (κ1) is 19.5. The van der Waals surface area contributed by atoms with Crippen LogP contribution in [-0.2, 0) is 16.3 Å². The molecule has 0 aliphatic carbocycles. The third-order valence-corrected chi connectivity index (χ3v) is 5.64. The van der Waals surface area contributed by atoms with E-state index < -0.39 is 21.7 Å². The molecule has 0 fully saturated rings. The second kappa shape index (κ2) is 7.77. The highest BCUT2D eigenvalue weighted by atomic mass is 32.2. The molecule has 3 aromatic rings. The monoisotopic (exact) mass is 404 g/mol. The summed E-state index contributed by atoms with van der Waals surface area (Å²) in [6.45, 7) is 1.75. The SMILES string of the molecule is Cc1ccc(-n2nc(CCNC(=O)O)cc2S(=O)(=O)c2cccnc2)c(F)c1. The number of benzene rings is 1. The van der Waals surface area contributed by atoms with E-state index in [1.165, 1.54) is 42.7 Å². The smallest absolute Gasteiger partial charge is 0.404 e. The van der Waals surface area contributed by atoms with Crippen LogP contribution < -0.4 is 5.32 Å². The van der Waals surface area contributed by atoms with Gasteiger partial charge in [-0.1, -0.05) is 6.07 Å². The van der Waals surface area contributed by atoms with Crippen molar-refractivity contribution in [1.82, 2.24) is 20.1 Å². The number of hydrogen-bond acceptors (Lipinski definition) is 5. The van der Waals surface area contributed by atoms with Gasteiger partial charge < -0.3 is 10.4 Å². The molecule has 0 saturated heterocycles. The van der Waals surface area contributed by atoms with Gasteiger partial charge in [0.25, 0.3) is 0 Å². The lowest BCUT2D eigenvalue weighted by Gasteiger charge is -2.09. The van der Waals surface area contributed by atoms with E-state index in [0.717, 1.165) is 4.68 Å². The number of amides is 1. The first-order valence-corrected chi connectivity index (χ1v) is 9.75. The van der Waals surface area contributed by atoms with E-state index in [1.807, 2.05) is 0 Å². The van der Waals surface area contributed by atoms with Gasteiger partial charge in [0.1, 0.15) is 11.5 Å². The Kier molecular flexibility index (Phi) is 5.41. The fourth-order valence-corrected chi connectivity index (χ4v) is 3.96. The molecule has 1 amide bonds. The normalized spacial score (nSPS) is 11.4. The van der Waals surface area contributed by atoms with E-state index in [4.69, 9.17) is 5.11 Å². The number of aromatic nitrogens is 3. The van der Waals surface area contributed by atoms with Crippen LogP contribution >= 0.6 is 0 Å². The molecular formula is C18H17FN4O4S. The Morgan fingerprint density at radius 2 is 2.07 bits per heavy atom. The average molecular weight is 404 g/mol. The Bertz CT molecular complexity index is 1110. The maximum Gasteiger partial charge on any atom is 0.404 e. The number of pyridine rings is 1. The molecule has 0 spiro atoms. The summed E-state index contributed by atoms with van der Waals surface area (Å²) < 4.78 is 41.7. The average Bonchev–Trinajstić information content (AvgIpc) is 3.07. The van der Waals surface area contributed by atoms with Gasteiger partial charge in [0.2, 0.25) is 9.84 Å². The number of aryl methyl sites for hydroxylation is 1. The number of hydrogen-bond donors (Lipinski definition) is 2. The summed E-state index contributed by atoms with van der Waals surface area (Å²) in [5.41, 5.74) is 0.956. The van der Waals surface area contributed by atoms with Gasteiger partial charge in [-0.05, 0) is 42.8 Å². The standard InChI is InChI=1S/C18H17FN4O4S/c1-12-4-5-16(15(19)9-12)23-17(10-13(22-23)6-8-21-18(24)25)28(26,27)14-3-2-7-20-11-14/h2-5,7,9-11,21H,6,8H2,1H3,(H,24,25). The van der Waals surface area contributed by atoms with Gasteiger partial charge in [0, 0.05) is 25.4 Å². The Hall–Kier alpha value is -3.27. The topological polar surface area (TPSA) is 114 Å². The Balaban J connectivity index is 2.11. The third-order valence-electron chi connectivity index (χ3n) is 3.94. The fraction of sp³-hybridized carbons (Fsp3) is 0.167. The lowest BCUT2D eigenvalue weighted by molar-refractivity contribution is 0.194. The van der Waals surface area contributed by atoms with Crippen LogP contribution in [0.3, 0.4) is 0 Å². The predicted octanol–water partition coefficient (Wildman–Crippen LogP) is 2.36. The molecule has 146 valence electrons. The summed E-state index contributed by atoms with van der Waals surface area (Å²) >= 11 is 0. The number of sulfone groups is 1. The Morgan fingerprint density at radius 3 is 2.71 bits per heavy atom. The lowest BCUT2D eigenvalue weighted by Crippen LogP contribution is -2.23. The molecule has 0 bridgehead atoms. The van der Waals surface area contributed by atoms with Crippen molar-refractivity contribution >= 4 is 15.9 Å². The van der Waals surface area contributed by atoms with Crippen molar-refractivity contribution in [3.63, 3.8) is 0 Å². The third kappa shape index (κ3) is 4.01. The van der Waals surface area contributed by atoms with Crippen LogP contribution in [0.4, 0.5) is 9.18 Å². The van der Waals surface area contributed by atoms with Crippen molar-refractivity contribution in [3.05, 3.63) is 65.9 Å². The molecule has 28 heavy (non-hydrogen) atoms. The van der Waals surface area contributed by atoms with Gasteiger partial charge in [-0.3, -0.25) is 4.98 Å². The highest BCUT2D eigenvalue weighted by molar-refractivity contribution is 7.91. The van der Waals surface area contributed by atoms with Crippen molar-refractivity contribution in [2.45, 2.75) is 23.3 Å². The molecule has 3 rings (SSSR count). The van der Waals surface area contributed by atoms with E-state index in [0.29, 0.717) is 11.3 Å². The van der Waals surface area contributed by atoms with Gasteiger partial charge in [-0.25, -0.2) is 22.3 Å². The molecule has 1 aromatic carbocycles. The van der Waals surface area contributed by atoms with Gasteiger partial charge >= 0.3 is 6.09 Å². The van der Waals surface area contributed by atoms with Crippen LogP contribution in [0.1, 0.15) is 11.3 Å². The van der Waals surface area contributed by atoms with Gasteiger partial charge in [0.05, 0.1) is 10.6 Å². The van der Waals surface area contributed by atoms with Crippen molar-refractivity contribution in [1.29, 1.82) is 0 Å². The fourth-order valence-electron chi connectivity index (χ4n) is 2.60. The number of carbonyl (C=O) groups is 1. The summed E-state index contributed by atoms with van der Waals surface area (Å²) in [7, 11) is -4.03. The first-order valence-electron chi connectivity index (χ1n) is 8.26. The van der Waals surface area contributed by atoms with E-state index in [9.17, 15) is 17.6 Å². The second-order valence-electron chi connectivity index (χ2n) is 6.01. The van der Waals surface area contributed by atoms with E-state index in [-0.39, 0.29) is 28.6 Å². The molecule has 0 unspecified atom stereocenters. The Labute approximate surface area is 160 Å². The summed E-state index contributed by atoms with van der Waals surface area (Å²) in [5.74, 6) is -0.624. The maximum absolute atomic E-state index is 14.5. The minimum absolute atomic E-state index is 0.0227. The summed E-state index contributed by atoms with van der Waals surface area (Å²) in [6.07, 6.45) is 1.58. The van der Waals surface area contributed by atoms with E-state index >= 15 is 0 Å². The number of carboxylic acid groups (broad SMARTS) is 1. The van der Waals surface area contributed by atoms with Crippen LogP contribution in [0.15, 0.2) is 58.7 Å². The molecule has 2 heterocycles. The van der Waals surface area contributed by atoms with Crippen LogP contribution in [0, 0.1) is 12.7 Å². The maximum atomic E-state index is 14.5. The molecule has 8 nitrogen and oxygen atoms in total. The summed E-state index contributed by atoms with van der Waals surface area (Å²) in [6, 6.07) is 8.55. The van der Waals surface area contributed by atoms with E-state index in [2.05, 4.69) is 15.4 Å². The molecule has 2 N–H and O–H groups in total. The molecule has 10 heteroatoms. The quantitative estimate of drug-likeness (QED) is 0.652.